The average Bonchev–Trinajstić information content (AvgIpc) is 2.46. The second-order valence-electron chi connectivity index (χ2n) is 4.94. The first-order valence-corrected chi connectivity index (χ1v) is 9.08. The van der Waals surface area contributed by atoms with E-state index in [9.17, 15) is 13.2 Å². The Labute approximate surface area is 134 Å². The molecule has 1 heterocycles. The molecule has 7 heteroatoms. The highest BCUT2D eigenvalue weighted by Gasteiger charge is 2.08. The van der Waals surface area contributed by atoms with Crippen LogP contribution >= 0.6 is 12.2 Å². The number of aromatic nitrogens is 1. The van der Waals surface area contributed by atoms with Crippen LogP contribution in [-0.4, -0.2) is 31.3 Å². The van der Waals surface area contributed by atoms with Crippen LogP contribution in [0.25, 0.3) is 0 Å². The number of rotatable bonds is 5. The maximum absolute atomic E-state index is 12.1. The number of aryl methyl sites for hydroxylation is 1. The molecule has 0 fully saturated rings. The van der Waals surface area contributed by atoms with E-state index in [1.165, 1.54) is 6.26 Å². The van der Waals surface area contributed by atoms with Crippen molar-refractivity contribution in [3.63, 3.8) is 0 Å². The van der Waals surface area contributed by atoms with Crippen LogP contribution in [-0.2, 0) is 16.3 Å². The number of nitrogens with one attached hydrogen (secondary N) is 2. The number of amides is 1. The number of aromatic amines is 1. The number of hydrogen-bond acceptors (Lipinski definition) is 4. The van der Waals surface area contributed by atoms with Gasteiger partial charge in [-0.2, -0.15) is 0 Å². The van der Waals surface area contributed by atoms with Crippen molar-refractivity contribution in [2.24, 2.45) is 0 Å². The Hall–Kier alpha value is -1.99. The highest BCUT2D eigenvalue weighted by molar-refractivity contribution is 7.90. The van der Waals surface area contributed by atoms with Crippen LogP contribution in [0.5, 0.6) is 0 Å². The summed E-state index contributed by atoms with van der Waals surface area (Å²) in [5.41, 5.74) is 1.94. The van der Waals surface area contributed by atoms with E-state index in [-0.39, 0.29) is 11.7 Å². The summed E-state index contributed by atoms with van der Waals surface area (Å²) in [6, 6.07) is 10.4. The molecule has 1 amide bonds. The number of sulfone groups is 1. The molecule has 0 saturated heterocycles. The Morgan fingerprint density at radius 1 is 1.23 bits per heavy atom. The fourth-order valence-corrected chi connectivity index (χ4v) is 2.69. The lowest BCUT2D eigenvalue weighted by Crippen LogP contribution is -2.13. The number of benzene rings is 1. The van der Waals surface area contributed by atoms with E-state index in [2.05, 4.69) is 10.3 Å². The molecule has 2 aromatic rings. The fraction of sp³-hybridized carbons (Fsp3) is 0.200. The molecule has 1 aromatic carbocycles. The van der Waals surface area contributed by atoms with Gasteiger partial charge in [-0.05, 0) is 36.2 Å². The fourth-order valence-electron chi connectivity index (χ4n) is 1.86. The minimum Gasteiger partial charge on any atom is -0.352 e. The molecule has 2 rings (SSSR count). The van der Waals surface area contributed by atoms with Crippen molar-refractivity contribution >= 4 is 33.6 Å². The van der Waals surface area contributed by atoms with Crippen LogP contribution in [0.1, 0.15) is 15.9 Å². The molecule has 0 saturated carbocycles. The van der Waals surface area contributed by atoms with Crippen LogP contribution in [0.4, 0.5) is 5.69 Å². The van der Waals surface area contributed by atoms with E-state index < -0.39 is 9.84 Å². The van der Waals surface area contributed by atoms with Crippen molar-refractivity contribution in [2.75, 3.05) is 17.3 Å². The molecule has 0 aliphatic carbocycles. The van der Waals surface area contributed by atoms with Crippen LogP contribution in [0.2, 0.25) is 0 Å². The topological polar surface area (TPSA) is 79.0 Å². The lowest BCUT2D eigenvalue weighted by Gasteiger charge is -2.06. The van der Waals surface area contributed by atoms with E-state index in [0.29, 0.717) is 22.3 Å². The van der Waals surface area contributed by atoms with Gasteiger partial charge in [0.25, 0.3) is 5.91 Å². The number of pyridine rings is 1. The normalized spacial score (nSPS) is 11.1. The lowest BCUT2D eigenvalue weighted by molar-refractivity contribution is 0.102. The third-order valence-corrected chi connectivity index (χ3v) is 4.32. The first-order chi connectivity index (χ1) is 10.3. The molecule has 22 heavy (non-hydrogen) atoms. The van der Waals surface area contributed by atoms with Gasteiger partial charge in [0.15, 0.2) is 0 Å². The van der Waals surface area contributed by atoms with Gasteiger partial charge in [-0.3, -0.25) is 4.79 Å². The van der Waals surface area contributed by atoms with Crippen molar-refractivity contribution < 1.29 is 13.2 Å². The minimum absolute atomic E-state index is 0.109. The second-order valence-corrected chi connectivity index (χ2v) is 7.61. The van der Waals surface area contributed by atoms with Gasteiger partial charge in [0.2, 0.25) is 0 Å². The summed E-state index contributed by atoms with van der Waals surface area (Å²) < 4.78 is 22.7. The van der Waals surface area contributed by atoms with Gasteiger partial charge < -0.3 is 10.3 Å². The second kappa shape index (κ2) is 6.85. The van der Waals surface area contributed by atoms with Crippen LogP contribution in [0, 0.1) is 4.64 Å². The summed E-state index contributed by atoms with van der Waals surface area (Å²) in [4.78, 5) is 14.9. The summed E-state index contributed by atoms with van der Waals surface area (Å²) in [6.07, 6.45) is 3.33. The highest BCUT2D eigenvalue weighted by Crippen LogP contribution is 2.12. The van der Waals surface area contributed by atoms with Crippen LogP contribution < -0.4 is 5.32 Å². The van der Waals surface area contributed by atoms with Gasteiger partial charge in [0.1, 0.15) is 14.5 Å². The van der Waals surface area contributed by atoms with E-state index in [4.69, 9.17) is 12.2 Å². The maximum Gasteiger partial charge on any atom is 0.258 e. The Balaban J connectivity index is 2.04. The Bertz CT molecular complexity index is 824. The number of carbonyl (C=O) groups is 1. The molecule has 0 atom stereocenters. The van der Waals surface area contributed by atoms with Gasteiger partial charge in [-0.25, -0.2) is 8.42 Å². The van der Waals surface area contributed by atoms with Crippen molar-refractivity contribution in [2.45, 2.75) is 6.42 Å². The molecule has 0 aliphatic rings. The minimum atomic E-state index is -2.98. The molecule has 1 aromatic heterocycles. The first-order valence-electron chi connectivity index (χ1n) is 6.61. The number of hydrogen-bond donors (Lipinski definition) is 2. The zero-order valence-corrected chi connectivity index (χ0v) is 13.6. The molecule has 0 aliphatic heterocycles. The molecular weight excluding hydrogens is 320 g/mol. The molecular formula is C15H16N2O3S2. The summed E-state index contributed by atoms with van der Waals surface area (Å²) in [6.45, 7) is 0. The molecule has 0 radical (unpaired) electrons. The van der Waals surface area contributed by atoms with Gasteiger partial charge in [-0.1, -0.05) is 24.4 Å². The first kappa shape index (κ1) is 16.4. The van der Waals surface area contributed by atoms with Crippen molar-refractivity contribution in [1.29, 1.82) is 0 Å². The summed E-state index contributed by atoms with van der Waals surface area (Å²) in [7, 11) is -2.98. The molecule has 0 bridgehead atoms. The van der Waals surface area contributed by atoms with Crippen molar-refractivity contribution in [3.05, 3.63) is 58.4 Å². The zero-order valence-electron chi connectivity index (χ0n) is 12.0. The van der Waals surface area contributed by atoms with Crippen LogP contribution in [0.3, 0.4) is 0 Å². The predicted octanol–water partition coefficient (Wildman–Crippen LogP) is 2.58. The summed E-state index contributed by atoms with van der Waals surface area (Å²) in [5.74, 6) is -0.177. The Kier molecular flexibility index (Phi) is 5.10. The van der Waals surface area contributed by atoms with E-state index in [1.54, 1.807) is 42.6 Å². The summed E-state index contributed by atoms with van der Waals surface area (Å²) >= 11 is 5.06. The molecule has 0 spiro atoms. The number of carbonyl (C=O) groups excluding carboxylic acids is 1. The average molecular weight is 336 g/mol. The van der Waals surface area contributed by atoms with E-state index in [1.807, 2.05) is 0 Å². The third-order valence-electron chi connectivity index (χ3n) is 3.04. The number of H-pyrrole nitrogens is 1. The monoisotopic (exact) mass is 336 g/mol. The third kappa shape index (κ3) is 4.78. The molecule has 2 N–H and O–H groups in total. The predicted molar refractivity (Wildman–Crippen MR) is 89.4 cm³/mol. The largest absolute Gasteiger partial charge is 0.352 e. The smallest absolute Gasteiger partial charge is 0.258 e. The van der Waals surface area contributed by atoms with Gasteiger partial charge in [-0.15, -0.1) is 0 Å². The standard InChI is InChI=1S/C15H16N2O3S2/c1-22(19,20)10-8-11-4-6-12(7-5-11)17-14(18)13-3-2-9-16-15(13)21/h2-7,9H,8,10H2,1H3,(H,16,21)(H,17,18). The highest BCUT2D eigenvalue weighted by atomic mass is 32.2. The van der Waals surface area contributed by atoms with Gasteiger partial charge >= 0.3 is 0 Å². The van der Waals surface area contributed by atoms with E-state index in [0.717, 1.165) is 5.56 Å². The van der Waals surface area contributed by atoms with Gasteiger partial charge in [0.05, 0.1) is 11.3 Å². The molecule has 0 unspecified atom stereocenters. The summed E-state index contributed by atoms with van der Waals surface area (Å²) in [5, 5.41) is 2.75. The Morgan fingerprint density at radius 2 is 1.91 bits per heavy atom. The molecule has 116 valence electrons. The number of anilines is 1. The zero-order chi connectivity index (χ0) is 16.2. The van der Waals surface area contributed by atoms with Crippen LogP contribution in [0.15, 0.2) is 42.6 Å². The maximum atomic E-state index is 12.1. The Morgan fingerprint density at radius 3 is 2.50 bits per heavy atom. The SMILES string of the molecule is CS(=O)(=O)CCc1ccc(NC(=O)c2ccc[nH]c2=S)cc1. The molecule has 5 nitrogen and oxygen atoms in total. The van der Waals surface area contributed by atoms with E-state index >= 15 is 0 Å². The van der Waals surface area contributed by atoms with Crippen molar-refractivity contribution in [3.8, 4) is 0 Å². The van der Waals surface area contributed by atoms with Gasteiger partial charge in [0, 0.05) is 18.1 Å². The lowest BCUT2D eigenvalue weighted by atomic mass is 10.1. The van der Waals surface area contributed by atoms with Crippen molar-refractivity contribution in [1.82, 2.24) is 4.98 Å². The quantitative estimate of drug-likeness (QED) is 0.823.